The fourth-order valence-corrected chi connectivity index (χ4v) is 5.64. The van der Waals surface area contributed by atoms with Crippen LogP contribution in [0.15, 0.2) is 48.5 Å². The molecule has 0 atom stereocenters. The highest BCUT2D eigenvalue weighted by atomic mass is 16.2. The lowest BCUT2D eigenvalue weighted by molar-refractivity contribution is -0.124. The van der Waals surface area contributed by atoms with Gasteiger partial charge < -0.3 is 14.8 Å². The average Bonchev–Trinajstić information content (AvgIpc) is 3.35. The molecule has 1 saturated carbocycles. The first-order chi connectivity index (χ1) is 16.1. The summed E-state index contributed by atoms with van der Waals surface area (Å²) in [6.07, 6.45) is 7.16. The number of nitrogens with one attached hydrogen (secondary N) is 1. The highest BCUT2D eigenvalue weighted by Crippen LogP contribution is 2.41. The number of carbonyl (C=O) groups is 2. The van der Waals surface area contributed by atoms with Gasteiger partial charge in [0.15, 0.2) is 0 Å². The molecule has 2 amide bonds. The molecule has 1 N–H and O–H groups in total. The molecule has 2 aromatic carbocycles. The fourth-order valence-electron chi connectivity index (χ4n) is 5.64. The van der Waals surface area contributed by atoms with Gasteiger partial charge in [-0.05, 0) is 43.0 Å². The molecule has 6 nitrogen and oxygen atoms in total. The van der Waals surface area contributed by atoms with Crippen molar-refractivity contribution >= 4 is 22.8 Å². The summed E-state index contributed by atoms with van der Waals surface area (Å²) >= 11 is 0. The number of nitrogens with zero attached hydrogens (tertiary/aromatic N) is 3. The second-order valence-electron chi connectivity index (χ2n) is 9.54. The number of fused-ring (bicyclic) bond motifs is 2. The predicted molar refractivity (Wildman–Crippen MR) is 129 cm³/mol. The monoisotopic (exact) mass is 444 g/mol. The molecule has 5 rings (SSSR count). The summed E-state index contributed by atoms with van der Waals surface area (Å²) in [5, 5.41) is 3.12. The molecule has 1 aromatic heterocycles. The van der Waals surface area contributed by atoms with Crippen LogP contribution in [0.4, 0.5) is 0 Å². The fraction of sp³-hybridized carbons (Fsp3) is 0.444. The van der Waals surface area contributed by atoms with Gasteiger partial charge in [0.2, 0.25) is 5.91 Å². The Morgan fingerprint density at radius 1 is 1.06 bits per heavy atom. The largest absolute Gasteiger partial charge is 0.356 e. The average molecular weight is 445 g/mol. The van der Waals surface area contributed by atoms with Gasteiger partial charge >= 0.3 is 0 Å². The van der Waals surface area contributed by atoms with Crippen molar-refractivity contribution in [3.63, 3.8) is 0 Å². The highest BCUT2D eigenvalue weighted by molar-refractivity contribution is 5.99. The first kappa shape index (κ1) is 21.7. The van der Waals surface area contributed by atoms with E-state index in [9.17, 15) is 9.59 Å². The third-order valence-corrected chi connectivity index (χ3v) is 7.45. The predicted octanol–water partition coefficient (Wildman–Crippen LogP) is 4.37. The molecule has 1 aliphatic heterocycles. The van der Waals surface area contributed by atoms with Gasteiger partial charge in [0, 0.05) is 38.5 Å². The van der Waals surface area contributed by atoms with E-state index in [1.165, 1.54) is 6.42 Å². The normalized spacial score (nSPS) is 17.4. The molecule has 0 bridgehead atoms. The van der Waals surface area contributed by atoms with Gasteiger partial charge in [-0.25, -0.2) is 4.98 Å². The van der Waals surface area contributed by atoms with Gasteiger partial charge in [0.25, 0.3) is 5.91 Å². The molecule has 0 radical (unpaired) electrons. The Kier molecular flexibility index (Phi) is 5.92. The second kappa shape index (κ2) is 9.00. The molecule has 2 aliphatic rings. The third-order valence-electron chi connectivity index (χ3n) is 7.45. The first-order valence-electron chi connectivity index (χ1n) is 12.1. The summed E-state index contributed by atoms with van der Waals surface area (Å²) < 4.78 is 2.13. The minimum absolute atomic E-state index is 0.0469. The summed E-state index contributed by atoms with van der Waals surface area (Å²) in [5.41, 5.74) is 3.65. The zero-order chi connectivity index (χ0) is 22.8. The number of hydrogen-bond acceptors (Lipinski definition) is 3. The first-order valence-corrected chi connectivity index (χ1v) is 12.1. The molecule has 0 saturated heterocycles. The quantitative estimate of drug-likeness (QED) is 0.550. The van der Waals surface area contributed by atoms with Crippen LogP contribution in [0.3, 0.4) is 0 Å². The van der Waals surface area contributed by atoms with Crippen LogP contribution in [0, 0.1) is 0 Å². The number of hydrogen-bond donors (Lipinski definition) is 1. The number of imidazole rings is 1. The van der Waals surface area contributed by atoms with Crippen molar-refractivity contribution in [2.45, 2.75) is 63.5 Å². The Morgan fingerprint density at radius 2 is 1.82 bits per heavy atom. The number of aryl methyl sites for hydroxylation is 2. The van der Waals surface area contributed by atoms with Crippen molar-refractivity contribution < 1.29 is 9.59 Å². The van der Waals surface area contributed by atoms with Gasteiger partial charge in [-0.1, -0.05) is 49.6 Å². The van der Waals surface area contributed by atoms with Crippen LogP contribution in [-0.2, 0) is 24.8 Å². The molecule has 1 aliphatic carbocycles. The third kappa shape index (κ3) is 4.14. The van der Waals surface area contributed by atoms with Gasteiger partial charge in [0.05, 0.1) is 16.6 Å². The topological polar surface area (TPSA) is 67.2 Å². The molecule has 172 valence electrons. The Hall–Kier alpha value is -3.15. The summed E-state index contributed by atoms with van der Waals surface area (Å²) in [5.74, 6) is 1.17. The van der Waals surface area contributed by atoms with Gasteiger partial charge in [-0.15, -0.1) is 0 Å². The second-order valence-corrected chi connectivity index (χ2v) is 9.54. The van der Waals surface area contributed by atoms with E-state index in [0.29, 0.717) is 19.5 Å². The highest BCUT2D eigenvalue weighted by Gasteiger charge is 2.45. The van der Waals surface area contributed by atoms with Crippen LogP contribution in [0.1, 0.15) is 66.7 Å². The summed E-state index contributed by atoms with van der Waals surface area (Å²) in [6.45, 7) is 1.24. The van der Waals surface area contributed by atoms with Crippen molar-refractivity contribution in [1.82, 2.24) is 19.8 Å². The van der Waals surface area contributed by atoms with Crippen molar-refractivity contribution in [2.75, 3.05) is 6.54 Å². The number of benzene rings is 2. The number of amides is 2. The van der Waals surface area contributed by atoms with E-state index in [2.05, 4.69) is 16.0 Å². The maximum absolute atomic E-state index is 13.2. The lowest BCUT2D eigenvalue weighted by atomic mass is 9.77. The molecule has 1 fully saturated rings. The van der Waals surface area contributed by atoms with Crippen LogP contribution in [0.2, 0.25) is 0 Å². The Morgan fingerprint density at radius 3 is 2.61 bits per heavy atom. The van der Waals surface area contributed by atoms with Crippen molar-refractivity contribution in [3.8, 4) is 0 Å². The SMILES string of the molecule is Cn1c(CCCNC(=O)CC2(N3Cc4ccccc4C3=O)CCCCC2)nc2ccccc21. The van der Waals surface area contributed by atoms with Crippen molar-refractivity contribution in [2.24, 2.45) is 7.05 Å². The molecular formula is C27H32N4O2. The molecule has 6 heteroatoms. The lowest BCUT2D eigenvalue weighted by Crippen LogP contribution is -2.52. The van der Waals surface area contributed by atoms with E-state index in [1.807, 2.05) is 54.4 Å². The number of para-hydroxylation sites is 2. The summed E-state index contributed by atoms with van der Waals surface area (Å²) in [4.78, 5) is 32.9. The Balaban J connectivity index is 1.20. The van der Waals surface area contributed by atoms with Crippen molar-refractivity contribution in [3.05, 3.63) is 65.5 Å². The van der Waals surface area contributed by atoms with E-state index in [1.54, 1.807) is 0 Å². The number of carbonyl (C=O) groups excluding carboxylic acids is 2. The Bertz CT molecular complexity index is 1180. The maximum atomic E-state index is 13.2. The zero-order valence-corrected chi connectivity index (χ0v) is 19.3. The number of rotatable bonds is 7. The van der Waals surface area contributed by atoms with Crippen molar-refractivity contribution in [1.29, 1.82) is 0 Å². The molecule has 0 unspecified atom stereocenters. The maximum Gasteiger partial charge on any atom is 0.254 e. The lowest BCUT2D eigenvalue weighted by Gasteiger charge is -2.44. The molecule has 33 heavy (non-hydrogen) atoms. The van der Waals surface area contributed by atoms with Crippen LogP contribution in [0.25, 0.3) is 11.0 Å². The molecule has 2 heterocycles. The van der Waals surface area contributed by atoms with E-state index in [4.69, 9.17) is 4.98 Å². The molecular weight excluding hydrogens is 412 g/mol. The molecule has 0 spiro atoms. The van der Waals surface area contributed by atoms with Gasteiger partial charge in [0.1, 0.15) is 5.82 Å². The minimum Gasteiger partial charge on any atom is -0.356 e. The van der Waals surface area contributed by atoms with E-state index in [0.717, 1.165) is 66.5 Å². The smallest absolute Gasteiger partial charge is 0.254 e. The van der Waals surface area contributed by atoms with Crippen LogP contribution < -0.4 is 5.32 Å². The van der Waals surface area contributed by atoms with E-state index in [-0.39, 0.29) is 17.4 Å². The van der Waals surface area contributed by atoms with Crippen LogP contribution in [0.5, 0.6) is 0 Å². The zero-order valence-electron chi connectivity index (χ0n) is 19.3. The number of aromatic nitrogens is 2. The summed E-state index contributed by atoms with van der Waals surface area (Å²) in [6, 6.07) is 16.0. The summed E-state index contributed by atoms with van der Waals surface area (Å²) in [7, 11) is 2.04. The van der Waals surface area contributed by atoms with Crippen LogP contribution in [-0.4, -0.2) is 38.3 Å². The molecule has 3 aromatic rings. The Labute approximate surface area is 195 Å². The van der Waals surface area contributed by atoms with Gasteiger partial charge in [-0.2, -0.15) is 0 Å². The van der Waals surface area contributed by atoms with Gasteiger partial charge in [-0.3, -0.25) is 9.59 Å². The van der Waals surface area contributed by atoms with Crippen LogP contribution >= 0.6 is 0 Å². The van der Waals surface area contributed by atoms with E-state index >= 15 is 0 Å². The standard InChI is InChI=1S/C27H32N4O2/c1-30-23-13-6-5-12-22(23)29-24(30)14-9-17-28-25(32)18-27(15-7-2-8-16-27)31-19-20-10-3-4-11-21(20)26(31)33/h3-6,10-13H,2,7-9,14-19H2,1H3,(H,28,32). The van der Waals surface area contributed by atoms with E-state index < -0.39 is 0 Å². The minimum atomic E-state index is -0.365.